The summed E-state index contributed by atoms with van der Waals surface area (Å²) in [5.74, 6) is 0.499. The Kier molecular flexibility index (Phi) is 5.96. The fourth-order valence-corrected chi connectivity index (χ4v) is 2.31. The number of hydrogen-bond acceptors (Lipinski definition) is 4. The van der Waals surface area contributed by atoms with Crippen molar-refractivity contribution in [3.8, 4) is 0 Å². The van der Waals surface area contributed by atoms with Gasteiger partial charge in [0.25, 0.3) is 0 Å². The van der Waals surface area contributed by atoms with Crippen molar-refractivity contribution in [2.24, 2.45) is 0 Å². The van der Waals surface area contributed by atoms with Crippen LogP contribution in [0.1, 0.15) is 44.7 Å². The van der Waals surface area contributed by atoms with Gasteiger partial charge in [-0.05, 0) is 17.0 Å². The fraction of sp³-hybridized carbons (Fsp3) is 0.647. The number of aliphatic hydroxyl groups is 1. The van der Waals surface area contributed by atoms with Crippen LogP contribution in [0.5, 0.6) is 0 Å². The van der Waals surface area contributed by atoms with Gasteiger partial charge in [-0.2, -0.15) is 10.2 Å². The summed E-state index contributed by atoms with van der Waals surface area (Å²) in [7, 11) is 0. The normalized spacial score (nSPS) is 12.3. The minimum absolute atomic E-state index is 0.0975. The molecule has 0 saturated heterocycles. The van der Waals surface area contributed by atoms with Gasteiger partial charge >= 0.3 is 0 Å². The summed E-state index contributed by atoms with van der Waals surface area (Å²) in [5.41, 5.74) is 2.26. The highest BCUT2D eigenvalue weighted by Crippen LogP contribution is 2.23. The van der Waals surface area contributed by atoms with E-state index in [0.29, 0.717) is 25.7 Å². The van der Waals surface area contributed by atoms with Crippen LogP contribution in [-0.2, 0) is 23.2 Å². The smallest absolute Gasteiger partial charge is 0.0663 e. The van der Waals surface area contributed by atoms with Crippen molar-refractivity contribution in [3.63, 3.8) is 0 Å². The molecule has 2 heterocycles. The highest BCUT2D eigenvalue weighted by Gasteiger charge is 2.22. The van der Waals surface area contributed by atoms with Crippen molar-refractivity contribution in [2.45, 2.75) is 52.1 Å². The van der Waals surface area contributed by atoms with Gasteiger partial charge in [-0.15, -0.1) is 0 Å². The van der Waals surface area contributed by atoms with Crippen LogP contribution in [0.4, 0.5) is 0 Å². The predicted octanol–water partition coefficient (Wildman–Crippen LogP) is 2.19. The average molecular weight is 320 g/mol. The molecule has 0 amide bonds. The Balaban J connectivity index is 1.79. The van der Waals surface area contributed by atoms with Crippen LogP contribution in [0, 0.1) is 0 Å². The third-order valence-corrected chi connectivity index (χ3v) is 3.99. The van der Waals surface area contributed by atoms with Crippen LogP contribution in [0.3, 0.4) is 0 Å². The van der Waals surface area contributed by atoms with Crippen molar-refractivity contribution in [3.05, 3.63) is 35.9 Å². The summed E-state index contributed by atoms with van der Waals surface area (Å²) in [6, 6.07) is 0. The third-order valence-electron chi connectivity index (χ3n) is 3.99. The van der Waals surface area contributed by atoms with Crippen molar-refractivity contribution in [1.82, 2.24) is 19.6 Å². The number of rotatable bonds is 9. The number of aliphatic hydroxyl groups excluding tert-OH is 1. The van der Waals surface area contributed by atoms with Gasteiger partial charge in [0.1, 0.15) is 0 Å². The van der Waals surface area contributed by atoms with Crippen LogP contribution < -0.4 is 0 Å². The van der Waals surface area contributed by atoms with Gasteiger partial charge in [0, 0.05) is 17.8 Å². The van der Waals surface area contributed by atoms with E-state index in [2.05, 4.69) is 44.1 Å². The first-order valence-electron chi connectivity index (χ1n) is 8.16. The lowest BCUT2D eigenvalue weighted by molar-refractivity contribution is 0.0867. The van der Waals surface area contributed by atoms with Crippen molar-refractivity contribution in [1.29, 1.82) is 0 Å². The highest BCUT2D eigenvalue weighted by atomic mass is 16.5. The number of aromatic nitrogens is 4. The minimum Gasteiger partial charge on any atom is -0.394 e. The molecule has 128 valence electrons. The second kappa shape index (κ2) is 7.75. The van der Waals surface area contributed by atoms with E-state index >= 15 is 0 Å². The van der Waals surface area contributed by atoms with E-state index in [1.165, 1.54) is 5.56 Å². The predicted molar refractivity (Wildman–Crippen MR) is 89.5 cm³/mol. The zero-order chi connectivity index (χ0) is 16.9. The summed E-state index contributed by atoms with van der Waals surface area (Å²) >= 11 is 0. The Morgan fingerprint density at radius 3 is 2.48 bits per heavy atom. The molecule has 0 fully saturated rings. The lowest BCUT2D eigenvalue weighted by Crippen LogP contribution is -2.25. The van der Waals surface area contributed by atoms with E-state index in [9.17, 15) is 0 Å². The van der Waals surface area contributed by atoms with E-state index in [4.69, 9.17) is 9.84 Å². The monoisotopic (exact) mass is 320 g/mol. The van der Waals surface area contributed by atoms with Gasteiger partial charge in [-0.25, -0.2) is 0 Å². The zero-order valence-corrected chi connectivity index (χ0v) is 14.6. The van der Waals surface area contributed by atoms with Crippen molar-refractivity contribution in [2.75, 3.05) is 19.8 Å². The fourth-order valence-electron chi connectivity index (χ4n) is 2.31. The molecule has 0 atom stereocenters. The summed E-state index contributed by atoms with van der Waals surface area (Å²) in [5, 5.41) is 17.6. The van der Waals surface area contributed by atoms with Crippen LogP contribution >= 0.6 is 0 Å². The standard InChI is InChI=1S/C17H28N4O2/c1-14(2)15-9-18-21(11-15)6-8-23-13-17(3,4)16-10-19-20(12-16)5-7-22/h9-12,14,22H,5-8,13H2,1-4H3. The third kappa shape index (κ3) is 4.91. The lowest BCUT2D eigenvalue weighted by Gasteiger charge is -2.23. The average Bonchev–Trinajstić information content (AvgIpc) is 3.13. The second-order valence-corrected chi connectivity index (χ2v) is 6.84. The number of hydrogen-bond donors (Lipinski definition) is 1. The molecular weight excluding hydrogens is 292 g/mol. The van der Waals surface area contributed by atoms with Crippen molar-refractivity contribution < 1.29 is 9.84 Å². The van der Waals surface area contributed by atoms with Gasteiger partial charge in [0.05, 0.1) is 45.3 Å². The van der Waals surface area contributed by atoms with Gasteiger partial charge in [-0.1, -0.05) is 27.7 Å². The molecule has 0 aromatic carbocycles. The summed E-state index contributed by atoms with van der Waals surface area (Å²) in [6.45, 7) is 11.2. The topological polar surface area (TPSA) is 65.1 Å². The zero-order valence-electron chi connectivity index (χ0n) is 14.6. The molecule has 0 aliphatic carbocycles. The Hall–Kier alpha value is -1.66. The molecule has 0 spiro atoms. The largest absolute Gasteiger partial charge is 0.394 e. The Morgan fingerprint density at radius 1 is 1.13 bits per heavy atom. The first kappa shape index (κ1) is 17.7. The van der Waals surface area contributed by atoms with E-state index in [0.717, 1.165) is 12.1 Å². The molecule has 0 saturated carbocycles. The highest BCUT2D eigenvalue weighted by molar-refractivity contribution is 5.17. The quantitative estimate of drug-likeness (QED) is 0.719. The van der Waals surface area contributed by atoms with E-state index in [-0.39, 0.29) is 12.0 Å². The summed E-state index contributed by atoms with van der Waals surface area (Å²) < 4.78 is 9.54. The molecule has 6 nitrogen and oxygen atoms in total. The lowest BCUT2D eigenvalue weighted by atomic mass is 9.88. The molecule has 0 bridgehead atoms. The molecular formula is C17H28N4O2. The van der Waals surface area contributed by atoms with Crippen molar-refractivity contribution >= 4 is 0 Å². The maximum Gasteiger partial charge on any atom is 0.0663 e. The van der Waals surface area contributed by atoms with E-state index in [1.807, 2.05) is 23.3 Å². The summed E-state index contributed by atoms with van der Waals surface area (Å²) in [6.07, 6.45) is 7.83. The molecule has 2 rings (SSSR count). The Labute approximate surface area is 138 Å². The van der Waals surface area contributed by atoms with Crippen LogP contribution in [-0.4, -0.2) is 44.5 Å². The molecule has 2 aromatic heterocycles. The molecule has 1 N–H and O–H groups in total. The van der Waals surface area contributed by atoms with Crippen LogP contribution in [0.25, 0.3) is 0 Å². The van der Waals surface area contributed by atoms with Crippen LogP contribution in [0.2, 0.25) is 0 Å². The maximum atomic E-state index is 8.96. The first-order valence-corrected chi connectivity index (χ1v) is 8.16. The molecule has 0 unspecified atom stereocenters. The number of nitrogens with zero attached hydrogens (tertiary/aromatic N) is 4. The molecule has 6 heteroatoms. The second-order valence-electron chi connectivity index (χ2n) is 6.84. The van der Waals surface area contributed by atoms with Gasteiger partial charge < -0.3 is 9.84 Å². The minimum atomic E-state index is -0.110. The Morgan fingerprint density at radius 2 is 1.83 bits per heavy atom. The molecule has 0 aliphatic rings. The maximum absolute atomic E-state index is 8.96. The first-order chi connectivity index (χ1) is 10.9. The van der Waals surface area contributed by atoms with Gasteiger partial charge in [0.15, 0.2) is 0 Å². The molecule has 23 heavy (non-hydrogen) atoms. The van der Waals surface area contributed by atoms with Gasteiger partial charge in [0.2, 0.25) is 0 Å². The SMILES string of the molecule is CC(C)c1cnn(CCOCC(C)(C)c2cnn(CCO)c2)c1. The molecule has 0 radical (unpaired) electrons. The van der Waals surface area contributed by atoms with Crippen LogP contribution in [0.15, 0.2) is 24.8 Å². The number of ether oxygens (including phenoxy) is 1. The summed E-state index contributed by atoms with van der Waals surface area (Å²) in [4.78, 5) is 0. The van der Waals surface area contributed by atoms with Gasteiger partial charge in [-0.3, -0.25) is 9.36 Å². The molecule has 0 aliphatic heterocycles. The van der Waals surface area contributed by atoms with E-state index < -0.39 is 0 Å². The Bertz CT molecular complexity index is 601. The molecule has 2 aromatic rings. The van der Waals surface area contributed by atoms with E-state index in [1.54, 1.807) is 4.68 Å².